The summed E-state index contributed by atoms with van der Waals surface area (Å²) in [4.78, 5) is 11.8. The fourth-order valence-corrected chi connectivity index (χ4v) is 7.66. The second-order valence-electron chi connectivity index (χ2n) is 10.3. The van der Waals surface area contributed by atoms with Gasteiger partial charge in [-0.05, 0) is 73.7 Å². The molecule has 0 saturated heterocycles. The lowest BCUT2D eigenvalue weighted by atomic mass is 9.47. The third kappa shape index (κ3) is 3.28. The Kier molecular flexibility index (Phi) is 5.93. The molecule has 1 N–H and O–H groups in total. The SMILES string of the molecule is C/C=C1/[C@H](OC(C)=O)[C@@H](O)[C@H]2[C@@H]3CC=C4C[C@@H](OCOC)CC[C@]4(C)[C@H]3CC[C@]12C. The molecule has 0 aromatic heterocycles. The molecule has 4 aliphatic rings. The summed E-state index contributed by atoms with van der Waals surface area (Å²) < 4.78 is 16.6. The molecule has 168 valence electrons. The number of esters is 1. The quantitative estimate of drug-likeness (QED) is 0.417. The Hall–Kier alpha value is -1.17. The normalized spacial score (nSPS) is 46.6. The van der Waals surface area contributed by atoms with Crippen LogP contribution in [0.2, 0.25) is 0 Å². The average molecular weight is 419 g/mol. The second-order valence-corrected chi connectivity index (χ2v) is 10.3. The molecule has 5 heteroatoms. The van der Waals surface area contributed by atoms with Crippen molar-refractivity contribution >= 4 is 5.97 Å². The number of carbonyl (C=O) groups is 1. The first-order valence-electron chi connectivity index (χ1n) is 11.6. The van der Waals surface area contributed by atoms with Crippen molar-refractivity contribution in [3.63, 3.8) is 0 Å². The van der Waals surface area contributed by atoms with E-state index in [1.54, 1.807) is 7.11 Å². The predicted molar refractivity (Wildman–Crippen MR) is 115 cm³/mol. The van der Waals surface area contributed by atoms with E-state index >= 15 is 0 Å². The summed E-state index contributed by atoms with van der Waals surface area (Å²) in [5, 5.41) is 11.4. The standard InChI is InChI=1S/C25H38O5/c1-6-19-23(30-15(2)26)22(27)21-18-8-7-16-13-17(29-14-28-5)9-11-24(16,3)20(18)10-12-25(19,21)4/h6-7,17-18,20-23,27H,8-14H2,1-5H3/b19-6-/t17-,18+,20-,21+,22-,23-,24-,25+/m0/s1. The molecule has 0 amide bonds. The van der Waals surface area contributed by atoms with Crippen molar-refractivity contribution in [2.24, 2.45) is 28.6 Å². The number of allylic oxidation sites excluding steroid dienone is 2. The van der Waals surface area contributed by atoms with Crippen LogP contribution in [0.5, 0.6) is 0 Å². The largest absolute Gasteiger partial charge is 0.455 e. The number of methoxy groups -OCH3 is 1. The van der Waals surface area contributed by atoms with Gasteiger partial charge in [-0.2, -0.15) is 0 Å². The third-order valence-electron chi connectivity index (χ3n) is 8.98. The Labute approximate surface area is 180 Å². The maximum absolute atomic E-state index is 11.8. The van der Waals surface area contributed by atoms with Gasteiger partial charge in [0, 0.05) is 20.0 Å². The minimum atomic E-state index is -0.627. The van der Waals surface area contributed by atoms with E-state index in [2.05, 4.69) is 26.0 Å². The summed E-state index contributed by atoms with van der Waals surface area (Å²) in [6.07, 6.45) is 10.0. The van der Waals surface area contributed by atoms with Crippen LogP contribution in [0.3, 0.4) is 0 Å². The summed E-state index contributed by atoms with van der Waals surface area (Å²) in [7, 11) is 1.67. The van der Waals surface area contributed by atoms with Crippen LogP contribution in [0.15, 0.2) is 23.3 Å². The Balaban J connectivity index is 1.63. The Bertz CT molecular complexity index is 742. The number of ether oxygens (including phenoxy) is 3. The molecular formula is C25H38O5. The highest BCUT2D eigenvalue weighted by Crippen LogP contribution is 2.66. The van der Waals surface area contributed by atoms with Gasteiger partial charge >= 0.3 is 5.97 Å². The number of carbonyl (C=O) groups excluding carboxylic acids is 1. The first-order chi connectivity index (χ1) is 14.3. The molecule has 0 radical (unpaired) electrons. The molecule has 4 aliphatic carbocycles. The summed E-state index contributed by atoms with van der Waals surface area (Å²) in [5.74, 6) is 0.787. The van der Waals surface area contributed by atoms with E-state index in [4.69, 9.17) is 14.2 Å². The van der Waals surface area contributed by atoms with Gasteiger partial charge < -0.3 is 19.3 Å². The lowest BCUT2D eigenvalue weighted by Gasteiger charge is -2.57. The first kappa shape index (κ1) is 22.0. The lowest BCUT2D eigenvalue weighted by molar-refractivity contribution is -0.151. The summed E-state index contributed by atoms with van der Waals surface area (Å²) >= 11 is 0. The van der Waals surface area contributed by atoms with Crippen LogP contribution in [0, 0.1) is 28.6 Å². The highest BCUT2D eigenvalue weighted by Gasteiger charge is 2.63. The van der Waals surface area contributed by atoms with Crippen LogP contribution in [-0.2, 0) is 19.0 Å². The van der Waals surface area contributed by atoms with Gasteiger partial charge in [0.15, 0.2) is 0 Å². The maximum atomic E-state index is 11.8. The molecule has 0 aliphatic heterocycles. The van der Waals surface area contributed by atoms with Gasteiger partial charge in [-0.25, -0.2) is 0 Å². The highest BCUT2D eigenvalue weighted by atomic mass is 16.7. The van der Waals surface area contributed by atoms with Gasteiger partial charge in [-0.15, -0.1) is 0 Å². The second kappa shape index (κ2) is 8.07. The molecule has 0 aromatic rings. The van der Waals surface area contributed by atoms with E-state index in [0.29, 0.717) is 18.6 Å². The number of rotatable bonds is 4. The Morgan fingerprint density at radius 1 is 1.27 bits per heavy atom. The number of fused-ring (bicyclic) bond motifs is 5. The van der Waals surface area contributed by atoms with Crippen molar-refractivity contribution in [3.8, 4) is 0 Å². The minimum Gasteiger partial charge on any atom is -0.455 e. The van der Waals surface area contributed by atoms with Crippen LogP contribution in [0.25, 0.3) is 0 Å². The molecule has 0 aromatic carbocycles. The molecule has 30 heavy (non-hydrogen) atoms. The van der Waals surface area contributed by atoms with E-state index in [-0.39, 0.29) is 28.8 Å². The number of hydrogen-bond acceptors (Lipinski definition) is 5. The fourth-order valence-electron chi connectivity index (χ4n) is 7.66. The molecule has 3 fully saturated rings. The van der Waals surface area contributed by atoms with E-state index in [0.717, 1.165) is 44.1 Å². The Morgan fingerprint density at radius 3 is 2.67 bits per heavy atom. The van der Waals surface area contributed by atoms with Crippen molar-refractivity contribution in [2.75, 3.05) is 13.9 Å². The molecule has 0 heterocycles. The summed E-state index contributed by atoms with van der Waals surface area (Å²) in [5.41, 5.74) is 2.72. The molecule has 3 saturated carbocycles. The topological polar surface area (TPSA) is 65.0 Å². The monoisotopic (exact) mass is 418 g/mol. The van der Waals surface area contributed by atoms with Gasteiger partial charge in [0.05, 0.1) is 12.2 Å². The summed E-state index contributed by atoms with van der Waals surface area (Å²) in [6, 6.07) is 0. The molecule has 0 unspecified atom stereocenters. The van der Waals surface area contributed by atoms with Gasteiger partial charge in [0.1, 0.15) is 12.9 Å². The van der Waals surface area contributed by atoms with E-state index in [9.17, 15) is 9.90 Å². The highest BCUT2D eigenvalue weighted by molar-refractivity contribution is 5.67. The van der Waals surface area contributed by atoms with Crippen LogP contribution < -0.4 is 0 Å². The number of hydrogen-bond donors (Lipinski definition) is 1. The van der Waals surface area contributed by atoms with Crippen molar-refractivity contribution in [2.45, 2.75) is 84.5 Å². The van der Waals surface area contributed by atoms with Gasteiger partial charge in [0.2, 0.25) is 0 Å². The van der Waals surface area contributed by atoms with E-state index < -0.39 is 12.2 Å². The number of aliphatic hydroxyl groups excluding tert-OH is 1. The molecular weight excluding hydrogens is 380 g/mol. The number of aliphatic hydroxyl groups is 1. The third-order valence-corrected chi connectivity index (χ3v) is 8.98. The maximum Gasteiger partial charge on any atom is 0.303 e. The van der Waals surface area contributed by atoms with Crippen LogP contribution in [0.1, 0.15) is 66.2 Å². The summed E-state index contributed by atoms with van der Waals surface area (Å²) in [6.45, 7) is 8.53. The van der Waals surface area contributed by atoms with Crippen LogP contribution in [0.4, 0.5) is 0 Å². The molecule has 4 rings (SSSR count). The van der Waals surface area contributed by atoms with Crippen molar-refractivity contribution in [1.82, 2.24) is 0 Å². The van der Waals surface area contributed by atoms with Gasteiger partial charge in [-0.1, -0.05) is 31.6 Å². The molecule has 5 nitrogen and oxygen atoms in total. The average Bonchev–Trinajstić information content (AvgIpc) is 2.91. The molecule has 0 spiro atoms. The molecule has 0 bridgehead atoms. The van der Waals surface area contributed by atoms with E-state index in [1.165, 1.54) is 12.5 Å². The van der Waals surface area contributed by atoms with Gasteiger partial charge in [-0.3, -0.25) is 4.79 Å². The predicted octanol–water partition coefficient (Wildman–Crippen LogP) is 4.40. The van der Waals surface area contributed by atoms with E-state index in [1.807, 2.05) is 6.92 Å². The Morgan fingerprint density at radius 2 is 2.00 bits per heavy atom. The van der Waals surface area contributed by atoms with Crippen LogP contribution in [-0.4, -0.2) is 43.3 Å². The molecule has 8 atom stereocenters. The zero-order valence-electron chi connectivity index (χ0n) is 19.1. The zero-order valence-corrected chi connectivity index (χ0v) is 19.1. The minimum absolute atomic E-state index is 0.101. The fraction of sp³-hybridized carbons (Fsp3) is 0.800. The lowest BCUT2D eigenvalue weighted by Crippen LogP contribution is -2.51. The van der Waals surface area contributed by atoms with Crippen molar-refractivity contribution in [1.29, 1.82) is 0 Å². The smallest absolute Gasteiger partial charge is 0.303 e. The first-order valence-corrected chi connectivity index (χ1v) is 11.6. The van der Waals surface area contributed by atoms with Gasteiger partial charge in [0.25, 0.3) is 0 Å². The van der Waals surface area contributed by atoms with Crippen molar-refractivity contribution < 1.29 is 24.1 Å². The van der Waals surface area contributed by atoms with Crippen molar-refractivity contribution in [3.05, 3.63) is 23.3 Å². The zero-order chi connectivity index (χ0) is 21.7. The van der Waals surface area contributed by atoms with Crippen LogP contribution >= 0.6 is 0 Å².